The van der Waals surface area contributed by atoms with E-state index in [1.54, 1.807) is 12.3 Å². The molecule has 1 aromatic heterocycles. The van der Waals surface area contributed by atoms with Gasteiger partial charge < -0.3 is 15.4 Å². The number of ether oxygens (including phenoxy) is 1. The van der Waals surface area contributed by atoms with Crippen LogP contribution in [-0.4, -0.2) is 22.5 Å². The smallest absolute Gasteiger partial charge is 0.274 e. The van der Waals surface area contributed by atoms with Crippen molar-refractivity contribution in [1.29, 1.82) is 0 Å². The van der Waals surface area contributed by atoms with Crippen molar-refractivity contribution in [1.82, 2.24) is 4.98 Å². The van der Waals surface area contributed by atoms with E-state index in [4.69, 9.17) is 4.74 Å². The van der Waals surface area contributed by atoms with Gasteiger partial charge >= 0.3 is 0 Å². The van der Waals surface area contributed by atoms with Gasteiger partial charge in [-0.2, -0.15) is 0 Å². The van der Waals surface area contributed by atoms with Gasteiger partial charge in [0.25, 0.3) is 5.91 Å². The Hall–Kier alpha value is -2.56. The van der Waals surface area contributed by atoms with Gasteiger partial charge in [0, 0.05) is 17.4 Å². The van der Waals surface area contributed by atoms with Crippen LogP contribution in [0.25, 0.3) is 0 Å². The van der Waals surface area contributed by atoms with E-state index in [2.05, 4.69) is 36.4 Å². The number of carbonyl (C=O) groups excluding carboxylic acids is 1. The van der Waals surface area contributed by atoms with Crippen LogP contribution in [-0.2, 0) is 0 Å². The molecule has 0 unspecified atom stereocenters. The molecule has 1 heterocycles. The summed E-state index contributed by atoms with van der Waals surface area (Å²) in [5.74, 6) is 0.372. The number of hydrogen-bond donors (Lipinski definition) is 2. The van der Waals surface area contributed by atoms with Crippen molar-refractivity contribution in [2.24, 2.45) is 0 Å². The fourth-order valence-electron chi connectivity index (χ4n) is 2.18. The molecule has 0 saturated heterocycles. The zero-order chi connectivity index (χ0) is 17.7. The molecule has 0 saturated carbocycles. The number of hydrogen-bond acceptors (Lipinski definition) is 4. The highest BCUT2D eigenvalue weighted by molar-refractivity contribution is 6.04. The van der Waals surface area contributed by atoms with E-state index in [-0.39, 0.29) is 17.6 Å². The number of carbonyl (C=O) groups is 1. The van der Waals surface area contributed by atoms with E-state index in [9.17, 15) is 4.79 Å². The topological polar surface area (TPSA) is 63.2 Å². The van der Waals surface area contributed by atoms with Gasteiger partial charge in [0.15, 0.2) is 0 Å². The summed E-state index contributed by atoms with van der Waals surface area (Å²) in [6.45, 7) is 10.1. The number of benzene rings is 1. The van der Waals surface area contributed by atoms with Gasteiger partial charge in [0.2, 0.25) is 0 Å². The van der Waals surface area contributed by atoms with Gasteiger partial charge in [-0.15, -0.1) is 0 Å². The Bertz CT molecular complexity index is 706. The lowest BCUT2D eigenvalue weighted by molar-refractivity contribution is 0.102. The van der Waals surface area contributed by atoms with Crippen molar-refractivity contribution in [2.45, 2.75) is 46.3 Å². The molecular weight excluding hydrogens is 302 g/mol. The number of pyridine rings is 1. The molecule has 5 heteroatoms. The van der Waals surface area contributed by atoms with Crippen LogP contribution in [0.2, 0.25) is 0 Å². The summed E-state index contributed by atoms with van der Waals surface area (Å²) < 4.78 is 5.72. The maximum absolute atomic E-state index is 12.5. The summed E-state index contributed by atoms with van der Waals surface area (Å²) in [7, 11) is 0. The van der Waals surface area contributed by atoms with Crippen molar-refractivity contribution in [2.75, 3.05) is 10.6 Å². The molecule has 2 N–H and O–H groups in total. The molecule has 0 bridgehead atoms. The van der Waals surface area contributed by atoms with Crippen LogP contribution in [0.4, 0.5) is 11.4 Å². The molecule has 1 amide bonds. The third kappa shape index (κ3) is 5.26. The van der Waals surface area contributed by atoms with Crippen LogP contribution >= 0.6 is 0 Å². The SMILES string of the molecule is CC(C)Oc1ccccc1NC(=O)c1cc(NC(C)(C)C)ccn1. The fourth-order valence-corrected chi connectivity index (χ4v) is 2.18. The standard InChI is InChI=1S/C19H25N3O2/c1-13(2)24-17-9-7-6-8-15(17)21-18(23)16-12-14(10-11-20-16)22-19(3,4)5/h6-13H,1-5H3,(H,20,22)(H,21,23). The first-order valence-electron chi connectivity index (χ1n) is 8.06. The van der Waals surface area contributed by atoms with Crippen LogP contribution in [0.5, 0.6) is 5.75 Å². The fraction of sp³-hybridized carbons (Fsp3) is 0.368. The molecular formula is C19H25N3O2. The number of rotatable bonds is 5. The summed E-state index contributed by atoms with van der Waals surface area (Å²) in [6, 6.07) is 11.0. The van der Waals surface area contributed by atoms with E-state index in [1.807, 2.05) is 44.2 Å². The second-order valence-electron chi connectivity index (χ2n) is 6.92. The molecule has 2 aromatic rings. The maximum Gasteiger partial charge on any atom is 0.274 e. The van der Waals surface area contributed by atoms with Crippen LogP contribution in [0.1, 0.15) is 45.1 Å². The summed E-state index contributed by atoms with van der Waals surface area (Å²) in [5, 5.41) is 6.20. The lowest BCUT2D eigenvalue weighted by Crippen LogP contribution is -2.26. The summed E-state index contributed by atoms with van der Waals surface area (Å²) in [4.78, 5) is 16.7. The lowest BCUT2D eigenvalue weighted by atomic mass is 10.1. The molecule has 0 spiro atoms. The highest BCUT2D eigenvalue weighted by Crippen LogP contribution is 2.25. The number of para-hydroxylation sites is 2. The molecule has 0 aliphatic carbocycles. The molecule has 0 radical (unpaired) electrons. The molecule has 0 fully saturated rings. The Balaban J connectivity index is 2.17. The number of nitrogens with one attached hydrogen (secondary N) is 2. The van der Waals surface area contributed by atoms with Crippen LogP contribution in [0.15, 0.2) is 42.6 Å². The summed E-state index contributed by atoms with van der Waals surface area (Å²) in [6.07, 6.45) is 1.65. The van der Waals surface area contributed by atoms with Gasteiger partial charge in [-0.3, -0.25) is 9.78 Å². The first-order valence-corrected chi connectivity index (χ1v) is 8.06. The summed E-state index contributed by atoms with van der Waals surface area (Å²) in [5.41, 5.74) is 1.75. The van der Waals surface area contributed by atoms with Gasteiger partial charge in [-0.25, -0.2) is 0 Å². The largest absolute Gasteiger partial charge is 0.489 e. The average molecular weight is 327 g/mol. The number of nitrogens with zero attached hydrogens (tertiary/aromatic N) is 1. The Labute approximate surface area is 143 Å². The lowest BCUT2D eigenvalue weighted by Gasteiger charge is -2.22. The molecule has 1 aromatic carbocycles. The van der Waals surface area contributed by atoms with Gasteiger partial charge in [0.05, 0.1) is 11.8 Å². The van der Waals surface area contributed by atoms with Crippen molar-refractivity contribution in [3.8, 4) is 5.75 Å². The predicted octanol–water partition coefficient (Wildman–Crippen LogP) is 4.33. The molecule has 2 rings (SSSR count). The molecule has 0 atom stereocenters. The average Bonchev–Trinajstić information content (AvgIpc) is 2.47. The summed E-state index contributed by atoms with van der Waals surface area (Å²) >= 11 is 0. The first-order chi connectivity index (χ1) is 11.2. The van der Waals surface area contributed by atoms with E-state index in [0.29, 0.717) is 17.1 Å². The van der Waals surface area contributed by atoms with Gasteiger partial charge in [0.1, 0.15) is 11.4 Å². The number of amides is 1. The van der Waals surface area contributed by atoms with Gasteiger partial charge in [-0.05, 0) is 58.9 Å². The van der Waals surface area contributed by atoms with Crippen LogP contribution < -0.4 is 15.4 Å². The number of anilines is 2. The zero-order valence-corrected chi connectivity index (χ0v) is 14.9. The van der Waals surface area contributed by atoms with Crippen LogP contribution in [0.3, 0.4) is 0 Å². The predicted molar refractivity (Wildman–Crippen MR) is 97.8 cm³/mol. The Morgan fingerprint density at radius 3 is 2.54 bits per heavy atom. The van der Waals surface area contributed by atoms with Gasteiger partial charge in [-0.1, -0.05) is 12.1 Å². The molecule has 0 aliphatic heterocycles. The first kappa shape index (κ1) is 17.8. The monoisotopic (exact) mass is 327 g/mol. The highest BCUT2D eigenvalue weighted by Gasteiger charge is 2.14. The molecule has 0 aliphatic rings. The molecule has 5 nitrogen and oxygen atoms in total. The quantitative estimate of drug-likeness (QED) is 0.858. The van der Waals surface area contributed by atoms with Crippen molar-refractivity contribution < 1.29 is 9.53 Å². The maximum atomic E-state index is 12.5. The molecule has 24 heavy (non-hydrogen) atoms. The van der Waals surface area contributed by atoms with E-state index >= 15 is 0 Å². The second-order valence-corrected chi connectivity index (χ2v) is 6.92. The van der Waals surface area contributed by atoms with Crippen molar-refractivity contribution >= 4 is 17.3 Å². The van der Waals surface area contributed by atoms with Crippen molar-refractivity contribution in [3.05, 3.63) is 48.3 Å². The van der Waals surface area contributed by atoms with Crippen LogP contribution in [0, 0.1) is 0 Å². The van der Waals surface area contributed by atoms with E-state index in [0.717, 1.165) is 5.69 Å². The highest BCUT2D eigenvalue weighted by atomic mass is 16.5. The minimum absolute atomic E-state index is 0.0282. The minimum atomic E-state index is -0.271. The third-order valence-corrected chi connectivity index (χ3v) is 3.01. The molecule has 128 valence electrons. The normalized spacial score (nSPS) is 11.2. The van der Waals surface area contributed by atoms with Crippen molar-refractivity contribution in [3.63, 3.8) is 0 Å². The Morgan fingerprint density at radius 2 is 1.88 bits per heavy atom. The van der Waals surface area contributed by atoms with E-state index in [1.165, 1.54) is 0 Å². The zero-order valence-electron chi connectivity index (χ0n) is 14.9. The third-order valence-electron chi connectivity index (χ3n) is 3.01. The Morgan fingerprint density at radius 1 is 1.17 bits per heavy atom. The Kier molecular flexibility index (Phi) is 5.44. The number of aromatic nitrogens is 1. The second kappa shape index (κ2) is 7.34. The van der Waals surface area contributed by atoms with E-state index < -0.39 is 0 Å². The minimum Gasteiger partial charge on any atom is -0.489 e.